The van der Waals surface area contributed by atoms with Gasteiger partial charge in [0.15, 0.2) is 4.32 Å². The summed E-state index contributed by atoms with van der Waals surface area (Å²) in [6, 6.07) is 11.8. The first kappa shape index (κ1) is 19.3. The Kier molecular flexibility index (Phi) is 5.57. The van der Waals surface area contributed by atoms with Gasteiger partial charge in [0.2, 0.25) is 0 Å². The second-order valence-electron chi connectivity index (χ2n) is 5.41. The molecule has 9 nitrogen and oxygen atoms in total. The normalized spacial score (nSPS) is 15.6. The van der Waals surface area contributed by atoms with Gasteiger partial charge in [0, 0.05) is 18.2 Å². The van der Waals surface area contributed by atoms with Gasteiger partial charge in [-0.2, -0.15) is 10.1 Å². The van der Waals surface area contributed by atoms with Gasteiger partial charge < -0.3 is 0 Å². The molecule has 1 fully saturated rings. The fourth-order valence-electron chi connectivity index (χ4n) is 2.32. The van der Waals surface area contributed by atoms with Crippen molar-refractivity contribution < 1.29 is 14.6 Å². The fourth-order valence-corrected chi connectivity index (χ4v) is 3.49. The van der Waals surface area contributed by atoms with Crippen LogP contribution in [0.25, 0.3) is 6.08 Å². The minimum atomic E-state index is -0.548. The lowest BCUT2D eigenvalue weighted by molar-refractivity contribution is -0.385. The average molecular weight is 414 g/mol. The molecule has 0 spiro atoms. The van der Waals surface area contributed by atoms with E-state index < -0.39 is 15.8 Å². The SMILES string of the molecule is O=C1/C(=C\c2cccc([N+](=O)[O-])c2)SC(=S)N1/N=C/c1ccccc1[N+](=O)[O-]. The van der Waals surface area contributed by atoms with Crippen LogP contribution < -0.4 is 0 Å². The van der Waals surface area contributed by atoms with Crippen LogP contribution in [-0.4, -0.2) is 31.3 Å². The molecule has 0 unspecified atom stereocenters. The van der Waals surface area contributed by atoms with Crippen LogP contribution >= 0.6 is 24.0 Å². The molecule has 3 rings (SSSR count). The number of carbonyl (C=O) groups excluding carboxylic acids is 1. The number of nitro benzene ring substituents is 2. The number of hydrazone groups is 1. The van der Waals surface area contributed by atoms with Crippen LogP contribution in [0, 0.1) is 20.2 Å². The number of hydrogen-bond acceptors (Lipinski definition) is 8. The van der Waals surface area contributed by atoms with Crippen molar-refractivity contribution in [3.8, 4) is 0 Å². The summed E-state index contributed by atoms with van der Waals surface area (Å²) in [5.74, 6) is -0.517. The van der Waals surface area contributed by atoms with Gasteiger partial charge in [-0.1, -0.05) is 36.0 Å². The zero-order chi connectivity index (χ0) is 20.3. The van der Waals surface area contributed by atoms with E-state index in [-0.39, 0.29) is 26.2 Å². The minimum absolute atomic E-state index is 0.0985. The standard InChI is InChI=1S/C17H10N4O5S2/c22-16-15(9-11-4-3-6-13(8-11)20(23)24)28-17(27)19(16)18-10-12-5-1-2-7-14(12)21(25)26/h1-10H/b15-9+,18-10+. The molecule has 1 heterocycles. The summed E-state index contributed by atoms with van der Waals surface area (Å²) in [6.07, 6.45) is 2.67. The van der Waals surface area contributed by atoms with Gasteiger partial charge in [-0.25, -0.2) is 0 Å². The molecular weight excluding hydrogens is 404 g/mol. The van der Waals surface area contributed by atoms with Gasteiger partial charge in [-0.05, 0) is 29.9 Å². The lowest BCUT2D eigenvalue weighted by Crippen LogP contribution is -2.22. The van der Waals surface area contributed by atoms with Crippen LogP contribution in [0.3, 0.4) is 0 Å². The maximum atomic E-state index is 12.5. The molecule has 0 atom stereocenters. The zero-order valence-electron chi connectivity index (χ0n) is 13.9. The highest BCUT2D eigenvalue weighted by atomic mass is 32.2. The van der Waals surface area contributed by atoms with E-state index in [1.165, 1.54) is 48.7 Å². The Morgan fingerprint density at radius 1 is 1.07 bits per heavy atom. The first-order chi connectivity index (χ1) is 13.4. The molecule has 0 N–H and O–H groups in total. The van der Waals surface area contributed by atoms with E-state index in [0.717, 1.165) is 16.8 Å². The van der Waals surface area contributed by atoms with E-state index >= 15 is 0 Å². The Bertz CT molecular complexity index is 1070. The van der Waals surface area contributed by atoms with Crippen LogP contribution in [0.1, 0.15) is 11.1 Å². The molecule has 1 amide bonds. The molecule has 140 valence electrons. The largest absolute Gasteiger partial charge is 0.286 e. The van der Waals surface area contributed by atoms with E-state index in [1.54, 1.807) is 12.1 Å². The summed E-state index contributed by atoms with van der Waals surface area (Å²) in [7, 11) is 0. The van der Waals surface area contributed by atoms with E-state index in [2.05, 4.69) is 5.10 Å². The van der Waals surface area contributed by atoms with Crippen LogP contribution in [0.5, 0.6) is 0 Å². The van der Waals surface area contributed by atoms with Crippen LogP contribution in [0.4, 0.5) is 11.4 Å². The Balaban J connectivity index is 1.85. The molecule has 1 saturated heterocycles. The van der Waals surface area contributed by atoms with Gasteiger partial charge >= 0.3 is 0 Å². The number of thiocarbonyl (C=S) groups is 1. The fraction of sp³-hybridized carbons (Fsp3) is 0. The average Bonchev–Trinajstić information content (AvgIpc) is 2.93. The molecule has 0 aromatic heterocycles. The Labute approximate surface area is 167 Å². The molecule has 0 radical (unpaired) electrons. The van der Waals surface area contributed by atoms with Crippen molar-refractivity contribution in [2.24, 2.45) is 5.10 Å². The third-order valence-electron chi connectivity index (χ3n) is 3.60. The zero-order valence-corrected chi connectivity index (χ0v) is 15.6. The highest BCUT2D eigenvalue weighted by Gasteiger charge is 2.32. The maximum Gasteiger partial charge on any atom is 0.286 e. The van der Waals surface area contributed by atoms with Crippen molar-refractivity contribution in [1.29, 1.82) is 0 Å². The first-order valence-electron chi connectivity index (χ1n) is 7.66. The third-order valence-corrected chi connectivity index (χ3v) is 4.88. The number of non-ortho nitro benzene ring substituents is 1. The van der Waals surface area contributed by atoms with Crippen molar-refractivity contribution in [2.75, 3.05) is 0 Å². The van der Waals surface area contributed by atoms with Crippen LogP contribution in [-0.2, 0) is 4.79 Å². The van der Waals surface area contributed by atoms with E-state index in [0.29, 0.717) is 5.56 Å². The summed E-state index contributed by atoms with van der Waals surface area (Å²) in [6.45, 7) is 0. The summed E-state index contributed by atoms with van der Waals surface area (Å²) in [4.78, 5) is 33.6. The van der Waals surface area contributed by atoms with Crippen molar-refractivity contribution in [2.45, 2.75) is 0 Å². The first-order valence-corrected chi connectivity index (χ1v) is 8.89. The Morgan fingerprint density at radius 3 is 2.54 bits per heavy atom. The molecule has 1 aliphatic heterocycles. The molecule has 2 aromatic rings. The van der Waals surface area contributed by atoms with Gasteiger partial charge in [0.1, 0.15) is 0 Å². The monoisotopic (exact) mass is 414 g/mol. The number of nitro groups is 2. The number of hydrogen-bond donors (Lipinski definition) is 0. The van der Waals surface area contributed by atoms with Crippen LogP contribution in [0.15, 0.2) is 58.5 Å². The molecule has 11 heteroatoms. The summed E-state index contributed by atoms with van der Waals surface area (Å²) in [5.41, 5.74) is 0.448. The number of amides is 1. The van der Waals surface area contributed by atoms with Gasteiger partial charge in [-0.3, -0.25) is 25.0 Å². The van der Waals surface area contributed by atoms with E-state index in [1.807, 2.05) is 0 Å². The molecular formula is C17H10N4O5S2. The topological polar surface area (TPSA) is 119 Å². The lowest BCUT2D eigenvalue weighted by atomic mass is 10.2. The summed E-state index contributed by atoms with van der Waals surface area (Å²) < 4.78 is 0.150. The third kappa shape index (κ3) is 4.10. The predicted octanol–water partition coefficient (Wildman–Crippen LogP) is 3.74. The highest BCUT2D eigenvalue weighted by molar-refractivity contribution is 8.26. The number of nitrogens with zero attached hydrogens (tertiary/aromatic N) is 4. The maximum absolute atomic E-state index is 12.5. The molecule has 0 aliphatic carbocycles. The number of thioether (sulfide) groups is 1. The summed E-state index contributed by atoms with van der Waals surface area (Å²) >= 11 is 6.14. The second kappa shape index (κ2) is 8.06. The predicted molar refractivity (Wildman–Crippen MR) is 109 cm³/mol. The van der Waals surface area contributed by atoms with Crippen molar-refractivity contribution >= 4 is 57.9 Å². The van der Waals surface area contributed by atoms with Gasteiger partial charge in [0.25, 0.3) is 17.3 Å². The molecule has 0 bridgehead atoms. The van der Waals surface area contributed by atoms with Gasteiger partial charge in [0.05, 0.1) is 26.5 Å². The molecule has 0 saturated carbocycles. The highest BCUT2D eigenvalue weighted by Crippen LogP contribution is 2.33. The number of rotatable bonds is 5. The van der Waals surface area contributed by atoms with Crippen LogP contribution in [0.2, 0.25) is 0 Å². The smallest absolute Gasteiger partial charge is 0.266 e. The van der Waals surface area contributed by atoms with Crippen molar-refractivity contribution in [3.63, 3.8) is 0 Å². The number of para-hydroxylation sites is 1. The van der Waals surface area contributed by atoms with Gasteiger partial charge in [-0.15, -0.1) is 0 Å². The number of carbonyl (C=O) groups is 1. The van der Waals surface area contributed by atoms with E-state index in [9.17, 15) is 25.0 Å². The van der Waals surface area contributed by atoms with Crippen molar-refractivity contribution in [3.05, 3.63) is 84.8 Å². The minimum Gasteiger partial charge on any atom is -0.266 e. The quantitative estimate of drug-likeness (QED) is 0.240. The molecule has 28 heavy (non-hydrogen) atoms. The van der Waals surface area contributed by atoms with E-state index in [4.69, 9.17) is 12.2 Å². The second-order valence-corrected chi connectivity index (χ2v) is 7.08. The number of benzene rings is 2. The molecule has 2 aromatic carbocycles. The lowest BCUT2D eigenvalue weighted by Gasteiger charge is -2.06. The Morgan fingerprint density at radius 2 is 1.82 bits per heavy atom. The molecule has 1 aliphatic rings. The summed E-state index contributed by atoms with van der Waals surface area (Å²) in [5, 5.41) is 26.9. The van der Waals surface area contributed by atoms with Crippen molar-refractivity contribution in [1.82, 2.24) is 5.01 Å². The Hall–Kier alpha value is -3.44.